The van der Waals surface area contributed by atoms with Crippen molar-refractivity contribution in [3.63, 3.8) is 0 Å². The fraction of sp³-hybridized carbons (Fsp3) is 0.0769. The van der Waals surface area contributed by atoms with Crippen LogP contribution in [0.4, 0.5) is 4.39 Å². The second-order valence-corrected chi connectivity index (χ2v) is 4.36. The van der Waals surface area contributed by atoms with E-state index in [0.717, 1.165) is 16.8 Å². The van der Waals surface area contributed by atoms with Crippen molar-refractivity contribution in [2.45, 2.75) is 6.54 Å². The molecular weight excluding hydrogens is 279 g/mol. The Morgan fingerprint density at radius 2 is 2.19 bits per heavy atom. The molecule has 2 heterocycles. The third kappa shape index (κ3) is 2.27. The highest BCUT2D eigenvalue weighted by Crippen LogP contribution is 2.11. The molecule has 0 unspecified atom stereocenters. The minimum atomic E-state index is -1.34. The number of aromatic carboxylic acids is 1. The molecule has 0 aliphatic heterocycles. The number of carboxylic acid groups (broad SMARTS) is 1. The van der Waals surface area contributed by atoms with Gasteiger partial charge >= 0.3 is 11.7 Å². The van der Waals surface area contributed by atoms with Crippen molar-refractivity contribution >= 4 is 11.6 Å². The highest BCUT2D eigenvalue weighted by atomic mass is 19.1. The first-order chi connectivity index (χ1) is 10.1. The van der Waals surface area contributed by atoms with Crippen LogP contribution in [0.3, 0.4) is 0 Å². The van der Waals surface area contributed by atoms with Gasteiger partial charge in [-0.15, -0.1) is 5.10 Å². The number of fused-ring (bicyclic) bond motifs is 1. The Bertz CT molecular complexity index is 900. The number of hydrogen-bond donors (Lipinski definition) is 1. The molecule has 0 amide bonds. The van der Waals surface area contributed by atoms with E-state index in [-0.39, 0.29) is 12.2 Å². The quantitative estimate of drug-likeness (QED) is 0.769. The maximum atomic E-state index is 13.6. The molecule has 106 valence electrons. The molecule has 0 saturated carbocycles. The van der Waals surface area contributed by atoms with Gasteiger partial charge in [-0.2, -0.15) is 0 Å². The zero-order valence-corrected chi connectivity index (χ0v) is 10.6. The van der Waals surface area contributed by atoms with Crippen LogP contribution < -0.4 is 5.69 Å². The van der Waals surface area contributed by atoms with Gasteiger partial charge in [-0.3, -0.25) is 4.98 Å². The summed E-state index contributed by atoms with van der Waals surface area (Å²) in [6, 6.07) is 3.69. The third-order valence-corrected chi connectivity index (χ3v) is 2.98. The van der Waals surface area contributed by atoms with Gasteiger partial charge in [0, 0.05) is 12.4 Å². The topological polar surface area (TPSA) is 89.5 Å². The summed E-state index contributed by atoms with van der Waals surface area (Å²) in [5.74, 6) is -2.19. The van der Waals surface area contributed by atoms with Crippen LogP contribution in [0.5, 0.6) is 0 Å². The summed E-state index contributed by atoms with van der Waals surface area (Å²) in [4.78, 5) is 26.6. The zero-order chi connectivity index (χ0) is 15.0. The van der Waals surface area contributed by atoms with E-state index in [9.17, 15) is 14.0 Å². The molecule has 3 rings (SSSR count). The number of halogens is 1. The Labute approximate surface area is 116 Å². The molecule has 0 aliphatic carbocycles. The van der Waals surface area contributed by atoms with Crippen molar-refractivity contribution < 1.29 is 14.3 Å². The Balaban J connectivity index is 1.99. The average Bonchev–Trinajstić information content (AvgIpc) is 2.76. The SMILES string of the molecule is O=C(O)c1ccc(Cn2nc3cnccn3c2=O)cc1F. The standard InChI is InChI=1S/C13H9FN4O3/c14-10-5-8(1-2-9(10)12(19)20)7-18-13(21)17-4-3-15-6-11(17)16-18/h1-6H,7H2,(H,19,20). The maximum absolute atomic E-state index is 13.6. The summed E-state index contributed by atoms with van der Waals surface area (Å²) in [6.45, 7) is 0.0390. The van der Waals surface area contributed by atoms with E-state index in [1.165, 1.54) is 29.1 Å². The van der Waals surface area contributed by atoms with Gasteiger partial charge in [0.2, 0.25) is 0 Å². The Kier molecular flexibility index (Phi) is 2.98. The molecule has 1 aromatic carbocycles. The predicted octanol–water partition coefficient (Wildman–Crippen LogP) is 0.777. The third-order valence-electron chi connectivity index (χ3n) is 2.98. The van der Waals surface area contributed by atoms with Gasteiger partial charge in [0.05, 0.1) is 18.3 Å². The first kappa shape index (κ1) is 13.0. The van der Waals surface area contributed by atoms with E-state index in [1.54, 1.807) is 0 Å². The number of aromatic nitrogens is 4. The smallest absolute Gasteiger partial charge is 0.350 e. The van der Waals surface area contributed by atoms with Crippen LogP contribution in [0.1, 0.15) is 15.9 Å². The van der Waals surface area contributed by atoms with Crippen LogP contribution in [0.2, 0.25) is 0 Å². The van der Waals surface area contributed by atoms with Gasteiger partial charge in [-0.1, -0.05) is 6.07 Å². The normalized spacial score (nSPS) is 10.9. The summed E-state index contributed by atoms with van der Waals surface area (Å²) in [6.07, 6.45) is 4.38. The Hall–Kier alpha value is -3.03. The molecule has 7 nitrogen and oxygen atoms in total. The molecule has 2 aromatic heterocycles. The highest BCUT2D eigenvalue weighted by Gasteiger charge is 2.12. The minimum Gasteiger partial charge on any atom is -0.478 e. The molecule has 0 aliphatic rings. The monoisotopic (exact) mass is 288 g/mol. The lowest BCUT2D eigenvalue weighted by molar-refractivity contribution is 0.0692. The van der Waals surface area contributed by atoms with Crippen LogP contribution in [-0.2, 0) is 6.54 Å². The van der Waals surface area contributed by atoms with Crippen molar-refractivity contribution in [1.29, 1.82) is 0 Å². The van der Waals surface area contributed by atoms with Crippen LogP contribution in [-0.4, -0.2) is 30.2 Å². The van der Waals surface area contributed by atoms with Crippen molar-refractivity contribution in [2.75, 3.05) is 0 Å². The van der Waals surface area contributed by atoms with Gasteiger partial charge in [-0.05, 0) is 17.7 Å². The van der Waals surface area contributed by atoms with Gasteiger partial charge in [0.25, 0.3) is 0 Å². The summed E-state index contributed by atoms with van der Waals surface area (Å²) >= 11 is 0. The minimum absolute atomic E-state index is 0.0390. The van der Waals surface area contributed by atoms with Crippen LogP contribution in [0.15, 0.2) is 41.6 Å². The van der Waals surface area contributed by atoms with Gasteiger partial charge < -0.3 is 5.11 Å². The number of carbonyl (C=O) groups is 1. The molecule has 0 saturated heterocycles. The average molecular weight is 288 g/mol. The van der Waals surface area contributed by atoms with Crippen LogP contribution >= 0.6 is 0 Å². The van der Waals surface area contributed by atoms with Gasteiger partial charge in [0.15, 0.2) is 5.65 Å². The fourth-order valence-electron chi connectivity index (χ4n) is 1.99. The van der Waals surface area contributed by atoms with Crippen LogP contribution in [0.25, 0.3) is 5.65 Å². The van der Waals surface area contributed by atoms with Crippen molar-refractivity contribution in [2.24, 2.45) is 0 Å². The number of benzene rings is 1. The van der Waals surface area contributed by atoms with Gasteiger partial charge in [0.1, 0.15) is 5.82 Å². The lowest BCUT2D eigenvalue weighted by atomic mass is 10.1. The summed E-state index contributed by atoms with van der Waals surface area (Å²) in [7, 11) is 0. The van der Waals surface area contributed by atoms with Crippen molar-refractivity contribution in [1.82, 2.24) is 19.2 Å². The molecule has 0 fully saturated rings. The molecule has 21 heavy (non-hydrogen) atoms. The van der Waals surface area contributed by atoms with Crippen LogP contribution in [0, 0.1) is 5.82 Å². The van der Waals surface area contributed by atoms with E-state index in [4.69, 9.17) is 5.11 Å². The number of rotatable bonds is 3. The lowest BCUT2D eigenvalue weighted by Gasteiger charge is -2.02. The lowest BCUT2D eigenvalue weighted by Crippen LogP contribution is -2.21. The largest absolute Gasteiger partial charge is 0.478 e. The summed E-state index contributed by atoms with van der Waals surface area (Å²) < 4.78 is 16.1. The van der Waals surface area contributed by atoms with Crippen molar-refractivity contribution in [3.05, 3.63) is 64.2 Å². The molecule has 0 atom stereocenters. The molecule has 0 radical (unpaired) electrons. The Morgan fingerprint density at radius 1 is 1.38 bits per heavy atom. The van der Waals surface area contributed by atoms with Crippen molar-refractivity contribution in [3.8, 4) is 0 Å². The second kappa shape index (κ2) is 4.82. The van der Waals surface area contributed by atoms with E-state index in [2.05, 4.69) is 10.1 Å². The molecule has 0 spiro atoms. The highest BCUT2D eigenvalue weighted by molar-refractivity contribution is 5.87. The molecule has 0 bridgehead atoms. The van der Waals surface area contributed by atoms with E-state index in [1.807, 2.05) is 0 Å². The molecule has 3 aromatic rings. The van der Waals surface area contributed by atoms with E-state index in [0.29, 0.717) is 11.2 Å². The number of hydrogen-bond acceptors (Lipinski definition) is 4. The Morgan fingerprint density at radius 3 is 2.86 bits per heavy atom. The molecule has 1 N–H and O–H groups in total. The molecular formula is C13H9FN4O3. The first-order valence-electron chi connectivity index (χ1n) is 5.97. The second-order valence-electron chi connectivity index (χ2n) is 4.36. The first-order valence-corrected chi connectivity index (χ1v) is 5.97. The maximum Gasteiger partial charge on any atom is 0.350 e. The predicted molar refractivity (Wildman–Crippen MR) is 69.7 cm³/mol. The summed E-state index contributed by atoms with van der Waals surface area (Å²) in [5, 5.41) is 12.8. The fourth-order valence-corrected chi connectivity index (χ4v) is 1.99. The number of nitrogens with zero attached hydrogens (tertiary/aromatic N) is 4. The molecule has 8 heteroatoms. The van der Waals surface area contributed by atoms with E-state index < -0.39 is 17.3 Å². The zero-order valence-electron chi connectivity index (χ0n) is 10.6. The summed E-state index contributed by atoms with van der Waals surface area (Å²) in [5.41, 5.74) is 0.0292. The van der Waals surface area contributed by atoms with Gasteiger partial charge in [-0.25, -0.2) is 23.1 Å². The number of carboxylic acids is 1. The van der Waals surface area contributed by atoms with E-state index >= 15 is 0 Å².